The van der Waals surface area contributed by atoms with Gasteiger partial charge < -0.3 is 10.1 Å². The lowest BCUT2D eigenvalue weighted by atomic mass is 10.2. The van der Waals surface area contributed by atoms with Crippen molar-refractivity contribution in [2.24, 2.45) is 0 Å². The number of hydrogen-bond donors (Lipinski definition) is 1. The largest absolute Gasteiger partial charge is 0.492 e. The Balaban J connectivity index is 1.79. The van der Waals surface area contributed by atoms with E-state index in [4.69, 9.17) is 4.74 Å². The van der Waals surface area contributed by atoms with Crippen LogP contribution in [-0.2, 0) is 0 Å². The van der Waals surface area contributed by atoms with Gasteiger partial charge in [0.25, 0.3) is 0 Å². The SMILES string of the molecule is c1cc(OCC2CCCN2)ccn1. The highest BCUT2D eigenvalue weighted by Gasteiger charge is 2.13. The lowest BCUT2D eigenvalue weighted by molar-refractivity contribution is 0.277. The molecule has 1 unspecified atom stereocenters. The van der Waals surface area contributed by atoms with E-state index in [9.17, 15) is 0 Å². The molecule has 3 heteroatoms. The summed E-state index contributed by atoms with van der Waals surface area (Å²) in [6, 6.07) is 4.30. The Morgan fingerprint density at radius 3 is 3.00 bits per heavy atom. The van der Waals surface area contributed by atoms with Gasteiger partial charge in [-0.15, -0.1) is 0 Å². The van der Waals surface area contributed by atoms with Crippen LogP contribution in [-0.4, -0.2) is 24.2 Å². The molecule has 0 spiro atoms. The molecule has 0 bridgehead atoms. The number of aromatic nitrogens is 1. The van der Waals surface area contributed by atoms with E-state index >= 15 is 0 Å². The fourth-order valence-corrected chi connectivity index (χ4v) is 1.53. The highest BCUT2D eigenvalue weighted by Crippen LogP contribution is 2.10. The van der Waals surface area contributed by atoms with Crippen molar-refractivity contribution in [3.63, 3.8) is 0 Å². The molecule has 0 aliphatic carbocycles. The maximum atomic E-state index is 5.59. The average molecular weight is 178 g/mol. The van der Waals surface area contributed by atoms with Crippen molar-refractivity contribution in [1.29, 1.82) is 0 Å². The predicted octanol–water partition coefficient (Wildman–Crippen LogP) is 1.21. The summed E-state index contributed by atoms with van der Waals surface area (Å²) in [5.41, 5.74) is 0. The first-order chi connectivity index (χ1) is 6.45. The molecule has 1 aromatic heterocycles. The zero-order valence-corrected chi connectivity index (χ0v) is 7.57. The van der Waals surface area contributed by atoms with Crippen LogP contribution in [0.4, 0.5) is 0 Å². The molecule has 70 valence electrons. The van der Waals surface area contributed by atoms with Gasteiger partial charge in [-0.05, 0) is 31.5 Å². The van der Waals surface area contributed by atoms with Crippen molar-refractivity contribution in [2.45, 2.75) is 18.9 Å². The molecule has 2 heterocycles. The van der Waals surface area contributed by atoms with Gasteiger partial charge in [0.15, 0.2) is 0 Å². The second kappa shape index (κ2) is 4.23. The van der Waals surface area contributed by atoms with E-state index in [0.29, 0.717) is 6.04 Å². The van der Waals surface area contributed by atoms with Crippen LogP contribution in [0.3, 0.4) is 0 Å². The molecule has 1 aromatic rings. The third-order valence-corrected chi connectivity index (χ3v) is 2.26. The molecule has 3 nitrogen and oxygen atoms in total. The smallest absolute Gasteiger partial charge is 0.122 e. The minimum absolute atomic E-state index is 0.535. The maximum absolute atomic E-state index is 5.59. The molecule has 1 N–H and O–H groups in total. The molecule has 0 amide bonds. The van der Waals surface area contributed by atoms with E-state index in [0.717, 1.165) is 18.9 Å². The monoisotopic (exact) mass is 178 g/mol. The molecule has 1 aliphatic rings. The van der Waals surface area contributed by atoms with Crippen molar-refractivity contribution in [3.05, 3.63) is 24.5 Å². The highest BCUT2D eigenvalue weighted by molar-refractivity contribution is 5.16. The molecule has 1 saturated heterocycles. The van der Waals surface area contributed by atoms with Gasteiger partial charge >= 0.3 is 0 Å². The number of nitrogens with one attached hydrogen (secondary N) is 1. The van der Waals surface area contributed by atoms with Crippen LogP contribution in [0.15, 0.2) is 24.5 Å². The van der Waals surface area contributed by atoms with Gasteiger partial charge in [-0.25, -0.2) is 0 Å². The number of nitrogens with zero attached hydrogens (tertiary/aromatic N) is 1. The number of ether oxygens (including phenoxy) is 1. The van der Waals surface area contributed by atoms with Gasteiger partial charge in [0.2, 0.25) is 0 Å². The Bertz CT molecular complexity index is 244. The Morgan fingerprint density at radius 1 is 1.46 bits per heavy atom. The third-order valence-electron chi connectivity index (χ3n) is 2.26. The summed E-state index contributed by atoms with van der Waals surface area (Å²) in [6.45, 7) is 1.90. The molecule has 0 aromatic carbocycles. The Kier molecular flexibility index (Phi) is 2.77. The van der Waals surface area contributed by atoms with E-state index in [1.165, 1.54) is 12.8 Å². The first kappa shape index (κ1) is 8.51. The molecule has 13 heavy (non-hydrogen) atoms. The second-order valence-electron chi connectivity index (χ2n) is 3.29. The summed E-state index contributed by atoms with van der Waals surface area (Å²) < 4.78 is 5.59. The Hall–Kier alpha value is -1.09. The summed E-state index contributed by atoms with van der Waals surface area (Å²) in [6.07, 6.45) is 5.99. The van der Waals surface area contributed by atoms with Gasteiger partial charge in [-0.3, -0.25) is 4.98 Å². The first-order valence-electron chi connectivity index (χ1n) is 4.71. The summed E-state index contributed by atoms with van der Waals surface area (Å²) >= 11 is 0. The van der Waals surface area contributed by atoms with E-state index < -0.39 is 0 Å². The first-order valence-corrected chi connectivity index (χ1v) is 4.71. The van der Waals surface area contributed by atoms with E-state index in [1.807, 2.05) is 12.1 Å². The molecule has 1 fully saturated rings. The van der Waals surface area contributed by atoms with Crippen LogP contribution in [0.1, 0.15) is 12.8 Å². The van der Waals surface area contributed by atoms with Crippen molar-refractivity contribution < 1.29 is 4.74 Å². The summed E-state index contributed by atoms with van der Waals surface area (Å²) in [5, 5.41) is 3.39. The predicted molar refractivity (Wildman–Crippen MR) is 50.8 cm³/mol. The van der Waals surface area contributed by atoms with Crippen LogP contribution < -0.4 is 10.1 Å². The standard InChI is InChI=1S/C10H14N2O/c1-2-9(12-5-1)8-13-10-3-6-11-7-4-10/h3-4,6-7,9,12H,1-2,5,8H2. The summed E-state index contributed by atoms with van der Waals surface area (Å²) in [5.74, 6) is 0.906. The van der Waals surface area contributed by atoms with Crippen LogP contribution in [0.25, 0.3) is 0 Å². The minimum atomic E-state index is 0.535. The molecule has 0 radical (unpaired) electrons. The van der Waals surface area contributed by atoms with Crippen molar-refractivity contribution >= 4 is 0 Å². The van der Waals surface area contributed by atoms with Gasteiger partial charge in [0, 0.05) is 18.4 Å². The topological polar surface area (TPSA) is 34.1 Å². The Morgan fingerprint density at radius 2 is 2.31 bits per heavy atom. The van der Waals surface area contributed by atoms with Crippen LogP contribution in [0, 0.1) is 0 Å². The fourth-order valence-electron chi connectivity index (χ4n) is 1.53. The van der Waals surface area contributed by atoms with E-state index in [1.54, 1.807) is 12.4 Å². The van der Waals surface area contributed by atoms with Gasteiger partial charge in [-0.1, -0.05) is 0 Å². The maximum Gasteiger partial charge on any atom is 0.122 e. The lowest BCUT2D eigenvalue weighted by Crippen LogP contribution is -2.28. The Labute approximate surface area is 78.1 Å². The lowest BCUT2D eigenvalue weighted by Gasteiger charge is -2.11. The molecule has 1 aliphatic heterocycles. The van der Waals surface area contributed by atoms with Crippen LogP contribution >= 0.6 is 0 Å². The zero-order valence-electron chi connectivity index (χ0n) is 7.57. The average Bonchev–Trinajstić information content (AvgIpc) is 2.69. The highest BCUT2D eigenvalue weighted by atomic mass is 16.5. The molecular weight excluding hydrogens is 164 g/mol. The van der Waals surface area contributed by atoms with Crippen molar-refractivity contribution in [2.75, 3.05) is 13.2 Å². The van der Waals surface area contributed by atoms with Gasteiger partial charge in [0.1, 0.15) is 12.4 Å². The molecule has 0 saturated carbocycles. The number of rotatable bonds is 3. The van der Waals surface area contributed by atoms with E-state index in [-0.39, 0.29) is 0 Å². The molecular formula is C10H14N2O. The quantitative estimate of drug-likeness (QED) is 0.755. The van der Waals surface area contributed by atoms with E-state index in [2.05, 4.69) is 10.3 Å². The molecule has 2 rings (SSSR count). The fraction of sp³-hybridized carbons (Fsp3) is 0.500. The van der Waals surface area contributed by atoms with Crippen molar-refractivity contribution in [1.82, 2.24) is 10.3 Å². The number of pyridine rings is 1. The summed E-state index contributed by atoms with van der Waals surface area (Å²) in [7, 11) is 0. The zero-order chi connectivity index (χ0) is 8.93. The summed E-state index contributed by atoms with van der Waals surface area (Å²) in [4.78, 5) is 3.93. The molecule has 1 atom stereocenters. The third kappa shape index (κ3) is 2.42. The van der Waals surface area contributed by atoms with Gasteiger partial charge in [-0.2, -0.15) is 0 Å². The minimum Gasteiger partial charge on any atom is -0.492 e. The van der Waals surface area contributed by atoms with Crippen LogP contribution in [0.5, 0.6) is 5.75 Å². The normalized spacial score (nSPS) is 21.7. The second-order valence-corrected chi connectivity index (χ2v) is 3.29. The van der Waals surface area contributed by atoms with Gasteiger partial charge in [0.05, 0.1) is 0 Å². The van der Waals surface area contributed by atoms with Crippen LogP contribution in [0.2, 0.25) is 0 Å². The number of hydrogen-bond acceptors (Lipinski definition) is 3. The van der Waals surface area contributed by atoms with Crippen molar-refractivity contribution in [3.8, 4) is 5.75 Å².